The molecule has 0 saturated carbocycles. The van der Waals surface area contributed by atoms with Gasteiger partial charge in [0.15, 0.2) is 5.82 Å². The quantitative estimate of drug-likeness (QED) is 0.686. The van der Waals surface area contributed by atoms with Crippen LogP contribution in [-0.4, -0.2) is 70.6 Å². The van der Waals surface area contributed by atoms with E-state index in [0.29, 0.717) is 6.54 Å². The molecule has 1 unspecified atom stereocenters. The number of nitrogens with zero attached hydrogens (tertiary/aromatic N) is 4. The van der Waals surface area contributed by atoms with Gasteiger partial charge >= 0.3 is 12.1 Å². The topological polar surface area (TPSA) is 105 Å². The van der Waals surface area contributed by atoms with Crippen LogP contribution >= 0.6 is 0 Å². The van der Waals surface area contributed by atoms with Crippen molar-refractivity contribution in [3.05, 3.63) is 48.2 Å². The molecule has 0 aliphatic carbocycles. The highest BCUT2D eigenvalue weighted by molar-refractivity contribution is 7.86. The van der Waals surface area contributed by atoms with Crippen LogP contribution in [0.15, 0.2) is 36.7 Å². The normalized spacial score (nSPS) is 17.3. The molecule has 1 atom stereocenters. The van der Waals surface area contributed by atoms with Crippen molar-refractivity contribution in [2.24, 2.45) is 0 Å². The summed E-state index contributed by atoms with van der Waals surface area (Å²) >= 11 is 0. The van der Waals surface area contributed by atoms with Crippen molar-refractivity contribution < 1.29 is 40.6 Å². The smallest absolute Gasteiger partial charge is 0.475 e. The van der Waals surface area contributed by atoms with Crippen molar-refractivity contribution in [2.45, 2.75) is 25.4 Å². The molecule has 0 radical (unpaired) electrons. The van der Waals surface area contributed by atoms with E-state index in [9.17, 15) is 26.0 Å². The largest absolute Gasteiger partial charge is 0.490 e. The molecule has 3 rings (SSSR count). The van der Waals surface area contributed by atoms with Gasteiger partial charge in [0.25, 0.3) is 16.1 Å². The van der Waals surface area contributed by atoms with Crippen molar-refractivity contribution in [3.63, 3.8) is 0 Å². The molecule has 0 spiro atoms. The number of ether oxygens (including phenoxy) is 1. The lowest BCUT2D eigenvalue weighted by molar-refractivity contribution is -0.192. The van der Waals surface area contributed by atoms with Gasteiger partial charge in [0.05, 0.1) is 19.6 Å². The number of rotatable bonds is 4. The number of aliphatic carboxylic acids is 1. The van der Waals surface area contributed by atoms with E-state index in [2.05, 4.69) is 4.98 Å². The molecule has 0 fully saturated rings. The molecule has 31 heavy (non-hydrogen) atoms. The summed E-state index contributed by atoms with van der Waals surface area (Å²) < 4.78 is 80.7. The molecule has 1 aliphatic heterocycles. The Morgan fingerprint density at radius 1 is 1.26 bits per heavy atom. The first-order valence-corrected chi connectivity index (χ1v) is 10.1. The van der Waals surface area contributed by atoms with Crippen molar-refractivity contribution >= 4 is 16.2 Å². The van der Waals surface area contributed by atoms with E-state index in [4.69, 9.17) is 14.6 Å². The summed E-state index contributed by atoms with van der Waals surface area (Å²) in [5, 5.41) is 7.12. The van der Waals surface area contributed by atoms with Gasteiger partial charge in [-0.15, -0.1) is 0 Å². The molecular formula is C17H20F4N4O5S. The average molecular weight is 468 g/mol. The lowest BCUT2D eigenvalue weighted by atomic mass is 10.3. The van der Waals surface area contributed by atoms with Gasteiger partial charge in [0.2, 0.25) is 0 Å². The summed E-state index contributed by atoms with van der Waals surface area (Å²) in [6, 6.07) is 6.44. The molecule has 14 heteroatoms. The second-order valence-electron chi connectivity index (χ2n) is 6.57. The number of hydrogen-bond donors (Lipinski definition) is 1. The number of carboxylic acid groups (broad SMARTS) is 1. The second-order valence-corrected chi connectivity index (χ2v) is 8.71. The monoisotopic (exact) mass is 468 g/mol. The predicted octanol–water partition coefficient (Wildman–Crippen LogP) is 1.73. The number of aromatic nitrogens is 2. The van der Waals surface area contributed by atoms with E-state index in [-0.39, 0.29) is 19.0 Å². The van der Waals surface area contributed by atoms with Crippen LogP contribution in [0.1, 0.15) is 5.69 Å². The summed E-state index contributed by atoms with van der Waals surface area (Å²) in [4.78, 5) is 12.8. The van der Waals surface area contributed by atoms with E-state index in [1.807, 2.05) is 22.9 Å². The Labute approximate surface area is 175 Å². The molecule has 0 amide bonds. The first-order valence-electron chi connectivity index (χ1n) is 8.71. The summed E-state index contributed by atoms with van der Waals surface area (Å²) in [5.41, 5.74) is 0.855. The van der Waals surface area contributed by atoms with Crippen molar-refractivity contribution in [1.29, 1.82) is 0 Å². The van der Waals surface area contributed by atoms with Crippen LogP contribution in [0.25, 0.3) is 0 Å². The van der Waals surface area contributed by atoms with Gasteiger partial charge in [-0.05, 0) is 24.3 Å². The van der Waals surface area contributed by atoms with E-state index in [1.165, 1.54) is 36.7 Å². The van der Waals surface area contributed by atoms with Crippen LogP contribution in [0.5, 0.6) is 5.88 Å². The minimum Gasteiger partial charge on any atom is -0.475 e. The van der Waals surface area contributed by atoms with Gasteiger partial charge in [-0.25, -0.2) is 14.2 Å². The molecule has 1 N–H and O–H groups in total. The molecule has 2 aromatic rings. The Balaban J connectivity index is 0.000000423. The first-order chi connectivity index (χ1) is 14.3. The number of hydrogen-bond acceptors (Lipinski definition) is 5. The van der Waals surface area contributed by atoms with Crippen LogP contribution in [-0.2, 0) is 28.1 Å². The van der Waals surface area contributed by atoms with Crippen LogP contribution in [0.2, 0.25) is 0 Å². The minimum absolute atomic E-state index is 0.109. The summed E-state index contributed by atoms with van der Waals surface area (Å²) in [6.07, 6.45) is -2.35. The fourth-order valence-electron chi connectivity index (χ4n) is 2.62. The first kappa shape index (κ1) is 24.6. The van der Waals surface area contributed by atoms with Gasteiger partial charge in [-0.1, -0.05) is 0 Å². The Morgan fingerprint density at radius 2 is 1.90 bits per heavy atom. The van der Waals surface area contributed by atoms with Gasteiger partial charge in [0.1, 0.15) is 6.10 Å². The molecule has 172 valence electrons. The van der Waals surface area contributed by atoms with Crippen LogP contribution in [0.3, 0.4) is 0 Å². The molecule has 3 heterocycles. The SMILES string of the molecule is CN(C)S(=O)(=O)N1Cc2cccn2CC(Oc2ncccc2F)C1.O=C(O)C(F)(F)F. The van der Waals surface area contributed by atoms with Crippen molar-refractivity contribution in [1.82, 2.24) is 18.2 Å². The molecule has 1 aliphatic rings. The number of pyridine rings is 1. The highest BCUT2D eigenvalue weighted by Crippen LogP contribution is 2.21. The molecular weight excluding hydrogens is 448 g/mol. The lowest BCUT2D eigenvalue weighted by Crippen LogP contribution is -2.44. The predicted molar refractivity (Wildman–Crippen MR) is 99.8 cm³/mol. The fourth-order valence-corrected chi connectivity index (χ4v) is 3.73. The molecule has 0 saturated heterocycles. The Morgan fingerprint density at radius 3 is 2.45 bits per heavy atom. The van der Waals surface area contributed by atoms with Crippen LogP contribution < -0.4 is 4.74 Å². The lowest BCUT2D eigenvalue weighted by Gasteiger charge is -2.26. The van der Waals surface area contributed by atoms with Crippen LogP contribution in [0, 0.1) is 5.82 Å². The van der Waals surface area contributed by atoms with Crippen molar-refractivity contribution in [3.8, 4) is 5.88 Å². The zero-order chi connectivity index (χ0) is 23.4. The minimum atomic E-state index is -5.08. The number of alkyl halides is 3. The Kier molecular flexibility index (Phi) is 7.62. The summed E-state index contributed by atoms with van der Waals surface area (Å²) in [7, 11) is -0.661. The standard InChI is InChI=1S/C15H19FN4O3S.C2HF3O2/c1-18(2)24(21,22)20-9-12-5-4-8-19(12)10-13(11-20)23-15-14(16)6-3-7-17-15;3-2(4,5)1(6)7/h3-8,13H,9-11H2,1-2H3;(H,6,7). The zero-order valence-corrected chi connectivity index (χ0v) is 17.3. The second kappa shape index (κ2) is 9.62. The maximum atomic E-state index is 13.8. The average Bonchev–Trinajstić information content (AvgIpc) is 3.01. The highest BCUT2D eigenvalue weighted by atomic mass is 32.2. The highest BCUT2D eigenvalue weighted by Gasteiger charge is 2.38. The van der Waals surface area contributed by atoms with Gasteiger partial charge in [-0.3, -0.25) is 0 Å². The number of halogens is 4. The molecule has 9 nitrogen and oxygen atoms in total. The van der Waals surface area contributed by atoms with E-state index < -0.39 is 34.3 Å². The maximum absolute atomic E-state index is 13.8. The Hall–Kier alpha value is -2.71. The Bertz CT molecular complexity index is 1010. The third-order valence-electron chi connectivity index (χ3n) is 4.10. The summed E-state index contributed by atoms with van der Waals surface area (Å²) in [5.74, 6) is -3.45. The molecule has 2 aromatic heterocycles. The van der Waals surface area contributed by atoms with Gasteiger partial charge < -0.3 is 14.4 Å². The van der Waals surface area contributed by atoms with Gasteiger partial charge in [0, 0.05) is 32.2 Å². The van der Waals surface area contributed by atoms with E-state index >= 15 is 0 Å². The third kappa shape index (κ3) is 6.38. The third-order valence-corrected chi connectivity index (χ3v) is 5.96. The zero-order valence-electron chi connectivity index (χ0n) is 16.5. The van der Waals surface area contributed by atoms with Gasteiger partial charge in [-0.2, -0.15) is 30.2 Å². The number of carbonyl (C=O) groups is 1. The number of carboxylic acids is 1. The molecule has 0 aromatic carbocycles. The summed E-state index contributed by atoms with van der Waals surface area (Å²) in [6.45, 7) is 0.758. The van der Waals surface area contributed by atoms with E-state index in [0.717, 1.165) is 10.00 Å². The van der Waals surface area contributed by atoms with Crippen LogP contribution in [0.4, 0.5) is 17.6 Å². The number of fused-ring (bicyclic) bond motifs is 1. The van der Waals surface area contributed by atoms with Crippen molar-refractivity contribution in [2.75, 3.05) is 20.6 Å². The maximum Gasteiger partial charge on any atom is 0.490 e. The van der Waals surface area contributed by atoms with E-state index in [1.54, 1.807) is 0 Å². The molecule has 0 bridgehead atoms. The fraction of sp³-hybridized carbons (Fsp3) is 0.412.